The van der Waals surface area contributed by atoms with Crippen molar-refractivity contribution in [1.29, 1.82) is 0 Å². The maximum Gasteiger partial charge on any atom is 0.161 e. The molecule has 0 aromatic heterocycles. The van der Waals surface area contributed by atoms with Crippen LogP contribution in [0.4, 0.5) is 5.69 Å². The van der Waals surface area contributed by atoms with Gasteiger partial charge in [-0.2, -0.15) is 0 Å². The summed E-state index contributed by atoms with van der Waals surface area (Å²) in [5.74, 6) is 1.57. The fourth-order valence-electron chi connectivity index (χ4n) is 4.30. The van der Waals surface area contributed by atoms with Crippen molar-refractivity contribution >= 4 is 17.3 Å². The zero-order valence-corrected chi connectivity index (χ0v) is 18.0. The first-order valence-electron chi connectivity index (χ1n) is 10.3. The van der Waals surface area contributed by atoms with E-state index in [0.29, 0.717) is 0 Å². The van der Waals surface area contributed by atoms with Crippen molar-refractivity contribution in [1.82, 2.24) is 4.90 Å². The molecular weight excluding hydrogens is 388 g/mol. The minimum atomic E-state index is 0.115. The van der Waals surface area contributed by atoms with E-state index in [2.05, 4.69) is 28.0 Å². The fraction of sp³-hybridized carbons (Fsp3) is 0.478. The number of halogens is 1. The molecule has 2 aliphatic heterocycles. The van der Waals surface area contributed by atoms with Crippen LogP contribution in [0, 0.1) is 0 Å². The summed E-state index contributed by atoms with van der Waals surface area (Å²) in [6.45, 7) is 5.94. The monoisotopic (exact) mass is 416 g/mol. The van der Waals surface area contributed by atoms with Gasteiger partial charge in [-0.05, 0) is 54.3 Å². The predicted octanol–water partition coefficient (Wildman–Crippen LogP) is 4.18. The van der Waals surface area contributed by atoms with Crippen LogP contribution in [0.5, 0.6) is 11.5 Å². The number of rotatable bonds is 6. The molecule has 0 amide bonds. The first-order valence-corrected chi connectivity index (χ1v) is 10.6. The lowest BCUT2D eigenvalue weighted by atomic mass is 9.94. The van der Waals surface area contributed by atoms with E-state index < -0.39 is 0 Å². The number of ether oxygens (including phenoxy) is 3. The number of hydrogen-bond donors (Lipinski definition) is 0. The summed E-state index contributed by atoms with van der Waals surface area (Å²) in [6.07, 6.45) is 2.02. The third-order valence-corrected chi connectivity index (χ3v) is 6.17. The van der Waals surface area contributed by atoms with Crippen molar-refractivity contribution in [2.24, 2.45) is 0 Å². The average molecular weight is 417 g/mol. The summed E-state index contributed by atoms with van der Waals surface area (Å²) in [4.78, 5) is 4.94. The molecule has 1 atom stereocenters. The van der Waals surface area contributed by atoms with Gasteiger partial charge in [0.15, 0.2) is 11.5 Å². The summed E-state index contributed by atoms with van der Waals surface area (Å²) in [6, 6.07) is 12.3. The quantitative estimate of drug-likeness (QED) is 0.705. The van der Waals surface area contributed by atoms with E-state index in [1.54, 1.807) is 14.2 Å². The van der Waals surface area contributed by atoms with Gasteiger partial charge in [-0.15, -0.1) is 0 Å². The van der Waals surface area contributed by atoms with E-state index in [1.807, 2.05) is 18.2 Å². The summed E-state index contributed by atoms with van der Waals surface area (Å²) in [7, 11) is 3.37. The highest BCUT2D eigenvalue weighted by Crippen LogP contribution is 2.38. The van der Waals surface area contributed by atoms with E-state index in [0.717, 1.165) is 68.7 Å². The number of piperazine rings is 1. The molecule has 4 rings (SSSR count). The topological polar surface area (TPSA) is 34.2 Å². The number of fused-ring (bicyclic) bond motifs is 1. The lowest BCUT2D eigenvalue weighted by Crippen LogP contribution is -2.46. The molecule has 156 valence electrons. The second-order valence-electron chi connectivity index (χ2n) is 7.61. The lowest BCUT2D eigenvalue weighted by molar-refractivity contribution is 0.0286. The molecule has 5 nitrogen and oxygen atoms in total. The van der Waals surface area contributed by atoms with Gasteiger partial charge in [0.2, 0.25) is 0 Å². The Labute approximate surface area is 178 Å². The fourth-order valence-corrected chi connectivity index (χ4v) is 4.48. The van der Waals surface area contributed by atoms with Gasteiger partial charge in [0, 0.05) is 43.4 Å². The SMILES string of the molecule is COc1cc2c(cc1OC)C(CCN1CCN(c3cccc(Cl)c3)CC1)OCC2. The minimum absolute atomic E-state index is 0.115. The van der Waals surface area contributed by atoms with Crippen molar-refractivity contribution in [2.45, 2.75) is 18.9 Å². The second-order valence-corrected chi connectivity index (χ2v) is 8.05. The number of benzene rings is 2. The zero-order valence-electron chi connectivity index (χ0n) is 17.2. The molecule has 1 fully saturated rings. The molecule has 1 saturated heterocycles. The first-order chi connectivity index (χ1) is 14.2. The normalized spacial score (nSPS) is 19.7. The standard InChI is InChI=1S/C23H29ClN2O3/c1-27-22-14-17-7-13-29-21(20(17)16-23(22)28-2)6-8-25-9-11-26(12-10-25)19-5-3-4-18(24)15-19/h3-5,14-16,21H,6-13H2,1-2H3. The molecule has 1 unspecified atom stereocenters. The molecule has 2 aromatic carbocycles. The molecule has 0 spiro atoms. The Balaban J connectivity index is 1.35. The van der Waals surface area contributed by atoms with Gasteiger partial charge in [0.05, 0.1) is 26.9 Å². The summed E-state index contributed by atoms with van der Waals surface area (Å²) in [5, 5.41) is 0.796. The zero-order chi connectivity index (χ0) is 20.2. The summed E-state index contributed by atoms with van der Waals surface area (Å²) in [5.41, 5.74) is 3.76. The van der Waals surface area contributed by atoms with Gasteiger partial charge in [-0.1, -0.05) is 17.7 Å². The molecule has 0 bridgehead atoms. The Morgan fingerprint density at radius 2 is 1.79 bits per heavy atom. The summed E-state index contributed by atoms with van der Waals surface area (Å²) >= 11 is 6.14. The van der Waals surface area contributed by atoms with Gasteiger partial charge in [0.1, 0.15) is 0 Å². The third-order valence-electron chi connectivity index (χ3n) is 5.94. The van der Waals surface area contributed by atoms with Gasteiger partial charge < -0.3 is 19.1 Å². The Morgan fingerprint density at radius 3 is 2.52 bits per heavy atom. The van der Waals surface area contributed by atoms with E-state index >= 15 is 0 Å². The molecule has 29 heavy (non-hydrogen) atoms. The number of methoxy groups -OCH3 is 2. The largest absolute Gasteiger partial charge is 0.493 e. The predicted molar refractivity (Wildman–Crippen MR) is 117 cm³/mol. The highest BCUT2D eigenvalue weighted by Gasteiger charge is 2.25. The van der Waals surface area contributed by atoms with Gasteiger partial charge >= 0.3 is 0 Å². The minimum Gasteiger partial charge on any atom is -0.493 e. The molecule has 0 saturated carbocycles. The molecule has 0 radical (unpaired) electrons. The van der Waals surface area contributed by atoms with E-state index in [9.17, 15) is 0 Å². The summed E-state index contributed by atoms with van der Waals surface area (Å²) < 4.78 is 17.1. The highest BCUT2D eigenvalue weighted by molar-refractivity contribution is 6.30. The molecular formula is C23H29ClN2O3. The number of nitrogens with zero attached hydrogens (tertiary/aromatic N) is 2. The average Bonchev–Trinajstić information content (AvgIpc) is 2.77. The van der Waals surface area contributed by atoms with Gasteiger partial charge in [-0.3, -0.25) is 4.90 Å². The van der Waals surface area contributed by atoms with Crippen LogP contribution in [-0.4, -0.2) is 58.5 Å². The molecule has 2 heterocycles. The molecule has 2 aliphatic rings. The van der Waals surface area contributed by atoms with Crippen LogP contribution < -0.4 is 14.4 Å². The number of hydrogen-bond acceptors (Lipinski definition) is 5. The Bertz CT molecular complexity index is 837. The van der Waals surface area contributed by atoms with E-state index in [-0.39, 0.29) is 6.10 Å². The van der Waals surface area contributed by atoms with Crippen LogP contribution in [0.1, 0.15) is 23.7 Å². The number of anilines is 1. The first kappa shape index (κ1) is 20.3. The van der Waals surface area contributed by atoms with Crippen molar-refractivity contribution in [3.05, 3.63) is 52.5 Å². The highest BCUT2D eigenvalue weighted by atomic mass is 35.5. The van der Waals surface area contributed by atoms with Crippen molar-refractivity contribution in [3.8, 4) is 11.5 Å². The molecule has 6 heteroatoms. The van der Waals surface area contributed by atoms with Crippen molar-refractivity contribution in [3.63, 3.8) is 0 Å². The third kappa shape index (κ3) is 4.63. The van der Waals surface area contributed by atoms with Crippen LogP contribution in [-0.2, 0) is 11.2 Å². The van der Waals surface area contributed by atoms with E-state index in [4.69, 9.17) is 25.8 Å². The smallest absolute Gasteiger partial charge is 0.161 e. The van der Waals surface area contributed by atoms with Gasteiger partial charge in [-0.25, -0.2) is 0 Å². The van der Waals surface area contributed by atoms with Crippen LogP contribution >= 0.6 is 11.6 Å². The van der Waals surface area contributed by atoms with E-state index in [1.165, 1.54) is 16.8 Å². The van der Waals surface area contributed by atoms with Crippen molar-refractivity contribution < 1.29 is 14.2 Å². The van der Waals surface area contributed by atoms with Gasteiger partial charge in [0.25, 0.3) is 0 Å². The Hall–Kier alpha value is -1.95. The van der Waals surface area contributed by atoms with Crippen LogP contribution in [0.2, 0.25) is 5.02 Å². The molecule has 0 N–H and O–H groups in total. The maximum absolute atomic E-state index is 6.14. The van der Waals surface area contributed by atoms with Crippen LogP contribution in [0.25, 0.3) is 0 Å². The van der Waals surface area contributed by atoms with Crippen LogP contribution in [0.15, 0.2) is 36.4 Å². The van der Waals surface area contributed by atoms with Crippen molar-refractivity contribution in [2.75, 3.05) is 58.5 Å². The Kier molecular flexibility index (Phi) is 6.48. The molecule has 2 aromatic rings. The second kappa shape index (κ2) is 9.24. The lowest BCUT2D eigenvalue weighted by Gasteiger charge is -2.37. The van der Waals surface area contributed by atoms with Crippen LogP contribution in [0.3, 0.4) is 0 Å². The maximum atomic E-state index is 6.14. The Morgan fingerprint density at radius 1 is 1.03 bits per heavy atom. The molecule has 0 aliphatic carbocycles.